The van der Waals surface area contributed by atoms with E-state index in [1.807, 2.05) is 0 Å². The number of carbonyl (C=O) groups is 3. The van der Waals surface area contributed by atoms with E-state index in [0.29, 0.717) is 19.3 Å². The fourth-order valence-electron chi connectivity index (χ4n) is 6.38. The van der Waals surface area contributed by atoms with Crippen LogP contribution in [0.25, 0.3) is 0 Å². The molecule has 0 saturated heterocycles. The van der Waals surface area contributed by atoms with E-state index in [9.17, 15) is 14.4 Å². The summed E-state index contributed by atoms with van der Waals surface area (Å²) in [4.78, 5) is 37.5. The Labute approximate surface area is 316 Å². The number of allylic oxidation sites excluding steroid dienone is 2. The van der Waals surface area contributed by atoms with E-state index in [-0.39, 0.29) is 31.1 Å². The molecule has 300 valence electrons. The molecule has 1 atom stereocenters. The molecule has 0 N–H and O–H groups in total. The van der Waals surface area contributed by atoms with E-state index in [4.69, 9.17) is 14.2 Å². The van der Waals surface area contributed by atoms with Crippen LogP contribution in [0.3, 0.4) is 0 Å². The van der Waals surface area contributed by atoms with Crippen LogP contribution < -0.4 is 0 Å². The Morgan fingerprint density at radius 2 is 0.647 bits per heavy atom. The van der Waals surface area contributed by atoms with E-state index in [1.54, 1.807) is 0 Å². The molecule has 6 heteroatoms. The first-order chi connectivity index (χ1) is 25.0. The van der Waals surface area contributed by atoms with Gasteiger partial charge in [-0.05, 0) is 44.9 Å². The number of hydrogen-bond acceptors (Lipinski definition) is 6. The van der Waals surface area contributed by atoms with Crippen LogP contribution in [-0.2, 0) is 28.6 Å². The summed E-state index contributed by atoms with van der Waals surface area (Å²) in [5, 5.41) is 0. The van der Waals surface area contributed by atoms with E-state index in [2.05, 4.69) is 32.9 Å². The van der Waals surface area contributed by atoms with Crippen LogP contribution in [0, 0.1) is 0 Å². The summed E-state index contributed by atoms with van der Waals surface area (Å²) in [6, 6.07) is 0. The van der Waals surface area contributed by atoms with Gasteiger partial charge in [0.2, 0.25) is 0 Å². The van der Waals surface area contributed by atoms with Crippen molar-refractivity contribution < 1.29 is 28.6 Å². The number of rotatable bonds is 40. The van der Waals surface area contributed by atoms with Gasteiger partial charge >= 0.3 is 17.9 Å². The smallest absolute Gasteiger partial charge is 0.306 e. The van der Waals surface area contributed by atoms with Crippen LogP contribution in [0.2, 0.25) is 0 Å². The molecule has 0 aliphatic heterocycles. The molecule has 0 fully saturated rings. The Kier molecular flexibility index (Phi) is 39.4. The van der Waals surface area contributed by atoms with Crippen LogP contribution in [0.5, 0.6) is 0 Å². The van der Waals surface area contributed by atoms with Gasteiger partial charge < -0.3 is 14.2 Å². The molecule has 0 saturated carbocycles. The molecule has 51 heavy (non-hydrogen) atoms. The maximum atomic E-state index is 12.6. The van der Waals surface area contributed by atoms with Crippen LogP contribution in [0.15, 0.2) is 12.2 Å². The Balaban J connectivity index is 4.27. The molecule has 0 spiro atoms. The first-order valence-electron chi connectivity index (χ1n) is 22.2. The lowest BCUT2D eigenvalue weighted by atomic mass is 10.1. The molecular weight excluding hydrogens is 636 g/mol. The zero-order valence-electron chi connectivity index (χ0n) is 34.1. The number of hydrogen-bond donors (Lipinski definition) is 0. The Hall–Kier alpha value is -1.85. The monoisotopic (exact) mass is 721 g/mol. The van der Waals surface area contributed by atoms with E-state index in [0.717, 1.165) is 64.2 Å². The van der Waals surface area contributed by atoms with Crippen LogP contribution in [0.1, 0.15) is 239 Å². The van der Waals surface area contributed by atoms with Gasteiger partial charge in [0.1, 0.15) is 13.2 Å². The summed E-state index contributed by atoms with van der Waals surface area (Å²) in [5.74, 6) is -0.879. The lowest BCUT2D eigenvalue weighted by molar-refractivity contribution is -0.167. The third-order valence-electron chi connectivity index (χ3n) is 9.77. The highest BCUT2D eigenvalue weighted by atomic mass is 16.6. The van der Waals surface area contributed by atoms with Crippen molar-refractivity contribution in [3.05, 3.63) is 12.2 Å². The van der Waals surface area contributed by atoms with E-state index < -0.39 is 6.10 Å². The van der Waals surface area contributed by atoms with Gasteiger partial charge in [0.25, 0.3) is 0 Å². The number of esters is 3. The van der Waals surface area contributed by atoms with E-state index in [1.165, 1.54) is 135 Å². The highest BCUT2D eigenvalue weighted by Crippen LogP contribution is 2.14. The van der Waals surface area contributed by atoms with Gasteiger partial charge in [-0.25, -0.2) is 0 Å². The highest BCUT2D eigenvalue weighted by Gasteiger charge is 2.19. The predicted octanol–water partition coefficient (Wildman–Crippen LogP) is 13.9. The normalized spacial score (nSPS) is 12.0. The minimum atomic E-state index is -0.763. The van der Waals surface area contributed by atoms with Gasteiger partial charge in [0.05, 0.1) is 0 Å². The summed E-state index contributed by atoms with van der Waals surface area (Å²) < 4.78 is 16.6. The Bertz CT molecular complexity index is 794. The molecule has 0 aromatic carbocycles. The minimum Gasteiger partial charge on any atom is -0.462 e. The summed E-state index contributed by atoms with van der Waals surface area (Å²) in [6.07, 6.45) is 42.0. The first kappa shape index (κ1) is 49.1. The van der Waals surface area contributed by atoms with Gasteiger partial charge in [-0.3, -0.25) is 14.4 Å². The largest absolute Gasteiger partial charge is 0.462 e. The fourth-order valence-corrected chi connectivity index (χ4v) is 6.38. The molecule has 1 unspecified atom stereocenters. The van der Waals surface area contributed by atoms with Crippen molar-refractivity contribution in [3.63, 3.8) is 0 Å². The minimum absolute atomic E-state index is 0.0693. The van der Waals surface area contributed by atoms with Crippen molar-refractivity contribution in [3.8, 4) is 0 Å². The van der Waals surface area contributed by atoms with Gasteiger partial charge in [0, 0.05) is 19.3 Å². The molecule has 0 heterocycles. The lowest BCUT2D eigenvalue weighted by Crippen LogP contribution is -2.30. The third kappa shape index (κ3) is 39.2. The maximum absolute atomic E-state index is 12.6. The van der Waals surface area contributed by atoms with Crippen molar-refractivity contribution in [1.29, 1.82) is 0 Å². The molecule has 0 rings (SSSR count). The average molecular weight is 721 g/mol. The molecular formula is C45H84O6. The molecule has 0 bridgehead atoms. The van der Waals surface area contributed by atoms with Gasteiger partial charge in [-0.1, -0.05) is 187 Å². The number of ether oxygens (including phenoxy) is 3. The summed E-state index contributed by atoms with van der Waals surface area (Å²) in [7, 11) is 0. The second kappa shape index (κ2) is 40.9. The van der Waals surface area contributed by atoms with Gasteiger partial charge in [0.15, 0.2) is 6.10 Å². The van der Waals surface area contributed by atoms with Crippen molar-refractivity contribution in [1.82, 2.24) is 0 Å². The fraction of sp³-hybridized carbons (Fsp3) is 0.889. The Morgan fingerprint density at radius 3 is 0.980 bits per heavy atom. The first-order valence-corrected chi connectivity index (χ1v) is 22.2. The third-order valence-corrected chi connectivity index (χ3v) is 9.77. The summed E-state index contributed by atoms with van der Waals surface area (Å²) >= 11 is 0. The SMILES string of the molecule is CCCCCCCCC/C=C\CCCCCCCC(=O)OCC(COC(=O)CCCCCCCCCC)OC(=O)CCCCCCCCCCC. The predicted molar refractivity (Wildman–Crippen MR) is 215 cm³/mol. The number of unbranched alkanes of at least 4 members (excludes halogenated alkanes) is 27. The molecule has 6 nitrogen and oxygen atoms in total. The van der Waals surface area contributed by atoms with Crippen molar-refractivity contribution in [2.24, 2.45) is 0 Å². The Morgan fingerprint density at radius 1 is 0.373 bits per heavy atom. The average Bonchev–Trinajstić information content (AvgIpc) is 3.12. The zero-order valence-corrected chi connectivity index (χ0v) is 34.1. The molecule has 0 aromatic heterocycles. The second-order valence-corrected chi connectivity index (χ2v) is 15.0. The highest BCUT2D eigenvalue weighted by molar-refractivity contribution is 5.71. The van der Waals surface area contributed by atoms with Crippen molar-refractivity contribution >= 4 is 17.9 Å². The topological polar surface area (TPSA) is 78.9 Å². The number of carbonyl (C=O) groups excluding carboxylic acids is 3. The van der Waals surface area contributed by atoms with Gasteiger partial charge in [-0.15, -0.1) is 0 Å². The standard InChI is InChI=1S/C45H84O6/c1-4-7-10-13-16-19-20-21-22-23-24-25-27-29-32-35-38-44(47)50-41-42(40-49-43(46)37-34-31-28-18-15-12-9-6-3)51-45(48)39-36-33-30-26-17-14-11-8-5-2/h22-23,42H,4-21,24-41H2,1-3H3/b23-22-. The summed E-state index contributed by atoms with van der Waals surface area (Å²) in [6.45, 7) is 6.58. The van der Waals surface area contributed by atoms with Gasteiger partial charge in [-0.2, -0.15) is 0 Å². The van der Waals surface area contributed by atoms with E-state index >= 15 is 0 Å². The molecule has 0 aromatic rings. The zero-order chi connectivity index (χ0) is 37.3. The molecule has 0 aliphatic carbocycles. The quantitative estimate of drug-likeness (QED) is 0.0271. The van der Waals surface area contributed by atoms with Crippen LogP contribution in [0.4, 0.5) is 0 Å². The summed E-state index contributed by atoms with van der Waals surface area (Å²) in [5.41, 5.74) is 0. The van der Waals surface area contributed by atoms with Crippen molar-refractivity contribution in [2.45, 2.75) is 245 Å². The maximum Gasteiger partial charge on any atom is 0.306 e. The van der Waals surface area contributed by atoms with Crippen molar-refractivity contribution in [2.75, 3.05) is 13.2 Å². The lowest BCUT2D eigenvalue weighted by Gasteiger charge is -2.18. The van der Waals surface area contributed by atoms with Crippen LogP contribution in [-0.4, -0.2) is 37.2 Å². The van der Waals surface area contributed by atoms with Crippen LogP contribution >= 0.6 is 0 Å². The molecule has 0 aliphatic rings. The molecule has 0 radical (unpaired) electrons. The second-order valence-electron chi connectivity index (χ2n) is 15.0. The molecule has 0 amide bonds.